The molecule has 0 radical (unpaired) electrons. The highest BCUT2D eigenvalue weighted by atomic mass is 16.6. The number of ether oxygens (including phenoxy) is 3. The summed E-state index contributed by atoms with van der Waals surface area (Å²) in [7, 11) is 5.53. The number of nitrogens with zero attached hydrogens (tertiary/aromatic N) is 1. The van der Waals surface area contributed by atoms with E-state index in [1.54, 1.807) is 0 Å². The third-order valence-corrected chi connectivity index (χ3v) is 10.8. The number of carboxylic acids is 1. The lowest BCUT2D eigenvalue weighted by atomic mass is 10.1. The quantitative estimate of drug-likeness (QED) is 0.0283. The minimum Gasteiger partial charge on any atom is -0.477 e. The van der Waals surface area contributed by atoms with Gasteiger partial charge in [0.2, 0.25) is 0 Å². The highest BCUT2D eigenvalue weighted by molar-refractivity contribution is 5.72. The van der Waals surface area contributed by atoms with Crippen molar-refractivity contribution < 1.29 is 38.2 Å². The minimum atomic E-state index is -0.877. The molecule has 8 heteroatoms. The molecule has 0 aliphatic carbocycles. The number of hydrogen-bond donors (Lipinski definition) is 1. The van der Waals surface area contributed by atoms with E-state index in [0.717, 1.165) is 57.8 Å². The van der Waals surface area contributed by atoms with E-state index in [9.17, 15) is 19.5 Å². The van der Waals surface area contributed by atoms with Crippen molar-refractivity contribution in [3.63, 3.8) is 0 Å². The number of unbranched alkanes of at least 4 members (excludes halogenated alkanes) is 23. The molecule has 0 heterocycles. The second-order valence-corrected chi connectivity index (χ2v) is 17.4. The Labute approximate surface area is 357 Å². The van der Waals surface area contributed by atoms with Gasteiger partial charge in [0.1, 0.15) is 6.61 Å². The van der Waals surface area contributed by atoms with E-state index in [1.807, 2.05) is 21.1 Å². The average molecular weight is 819 g/mol. The van der Waals surface area contributed by atoms with Gasteiger partial charge in [-0.15, -0.1) is 0 Å². The zero-order chi connectivity index (χ0) is 42.8. The Morgan fingerprint density at radius 2 is 0.914 bits per heavy atom. The van der Waals surface area contributed by atoms with Gasteiger partial charge in [0.25, 0.3) is 0 Å². The van der Waals surface area contributed by atoms with Gasteiger partial charge in [0.05, 0.1) is 34.4 Å². The monoisotopic (exact) mass is 819 g/mol. The fraction of sp³-hybridized carbons (Fsp3) is 0.820. The Kier molecular flexibility index (Phi) is 39.5. The van der Waals surface area contributed by atoms with E-state index in [1.165, 1.54) is 122 Å². The van der Waals surface area contributed by atoms with Crippen LogP contribution >= 0.6 is 0 Å². The van der Waals surface area contributed by atoms with E-state index >= 15 is 0 Å². The van der Waals surface area contributed by atoms with Gasteiger partial charge < -0.3 is 23.8 Å². The number of aliphatic carboxylic acids is 1. The van der Waals surface area contributed by atoms with Crippen molar-refractivity contribution in [1.29, 1.82) is 0 Å². The van der Waals surface area contributed by atoms with Crippen molar-refractivity contribution in [2.75, 3.05) is 41.0 Å². The van der Waals surface area contributed by atoms with Gasteiger partial charge in [-0.05, 0) is 70.6 Å². The molecule has 2 unspecified atom stereocenters. The van der Waals surface area contributed by atoms with Crippen LogP contribution in [0.4, 0.5) is 0 Å². The minimum absolute atomic E-state index is 0.0566. The normalized spacial score (nSPS) is 13.2. The Bertz CT molecular complexity index is 1050. The molecular formula is C50H92NO7+. The van der Waals surface area contributed by atoms with Crippen LogP contribution in [0.5, 0.6) is 0 Å². The molecule has 0 bridgehead atoms. The molecular weight excluding hydrogens is 727 g/mol. The molecule has 58 heavy (non-hydrogen) atoms. The number of likely N-dealkylation sites (N-methyl/N-ethyl adjacent to an activating group) is 1. The molecule has 0 rings (SSSR count). The van der Waals surface area contributed by atoms with Crippen molar-refractivity contribution in [1.82, 2.24) is 0 Å². The van der Waals surface area contributed by atoms with E-state index < -0.39 is 18.1 Å². The smallest absolute Gasteiger partial charge is 0.362 e. The SMILES string of the molecule is CCCCCC/C=C\C/C=C\CCCCCCCCCC(=O)OC(COCCC(C(=O)O)[N+](C)(C)C)COC(=O)CCCCCCC/C=C\CCCCCCCCC. The predicted octanol–water partition coefficient (Wildman–Crippen LogP) is 13.4. The number of carbonyl (C=O) groups excluding carboxylic acids is 2. The summed E-state index contributed by atoms with van der Waals surface area (Å²) in [6, 6.07) is -0.617. The van der Waals surface area contributed by atoms with E-state index in [-0.39, 0.29) is 36.2 Å². The van der Waals surface area contributed by atoms with Gasteiger partial charge in [-0.2, -0.15) is 0 Å². The topological polar surface area (TPSA) is 99.1 Å². The molecule has 0 saturated carbocycles. The van der Waals surface area contributed by atoms with Crippen molar-refractivity contribution >= 4 is 17.9 Å². The van der Waals surface area contributed by atoms with E-state index in [0.29, 0.717) is 19.3 Å². The number of quaternary nitrogens is 1. The first kappa shape index (κ1) is 55.5. The third-order valence-electron chi connectivity index (χ3n) is 10.8. The Hall–Kier alpha value is -2.45. The molecule has 8 nitrogen and oxygen atoms in total. The molecule has 0 aliphatic heterocycles. The second-order valence-electron chi connectivity index (χ2n) is 17.4. The first-order valence-electron chi connectivity index (χ1n) is 24.0. The lowest BCUT2D eigenvalue weighted by Crippen LogP contribution is -2.50. The molecule has 0 aromatic carbocycles. The van der Waals surface area contributed by atoms with Gasteiger partial charge in [-0.25, -0.2) is 4.79 Å². The number of carboxylic acid groups (broad SMARTS) is 1. The first-order chi connectivity index (χ1) is 28.1. The number of esters is 2. The third kappa shape index (κ3) is 39.0. The maximum absolute atomic E-state index is 12.8. The Balaban J connectivity index is 4.32. The molecule has 0 saturated heterocycles. The standard InChI is InChI=1S/C50H91NO7/c1-6-8-10-12-14-16-18-20-22-24-25-27-29-31-33-35-37-39-41-49(53)58-46(44-56-43-42-47(50(54)55)51(3,4)5)45-57-48(52)40-38-36-34-32-30-28-26-23-21-19-17-15-13-11-9-7-2/h16,18,22-24,26,46-47H,6-15,17,19-21,25,27-45H2,1-5H3/p+1/b18-16-,24-22-,26-23-. The summed E-state index contributed by atoms with van der Waals surface area (Å²) in [4.78, 5) is 37.1. The van der Waals surface area contributed by atoms with E-state index in [4.69, 9.17) is 14.2 Å². The van der Waals surface area contributed by atoms with Crippen LogP contribution in [0.2, 0.25) is 0 Å². The molecule has 0 amide bonds. The van der Waals surface area contributed by atoms with Crippen molar-refractivity contribution in [2.45, 2.75) is 225 Å². The van der Waals surface area contributed by atoms with Gasteiger partial charge in [-0.1, -0.05) is 159 Å². The zero-order valence-electron chi connectivity index (χ0n) is 38.5. The van der Waals surface area contributed by atoms with Gasteiger partial charge in [0.15, 0.2) is 12.1 Å². The highest BCUT2D eigenvalue weighted by Gasteiger charge is 2.31. The lowest BCUT2D eigenvalue weighted by molar-refractivity contribution is -0.887. The van der Waals surface area contributed by atoms with Crippen LogP contribution in [0, 0.1) is 0 Å². The average Bonchev–Trinajstić information content (AvgIpc) is 3.18. The van der Waals surface area contributed by atoms with Crippen LogP contribution < -0.4 is 0 Å². The van der Waals surface area contributed by atoms with E-state index in [2.05, 4.69) is 50.3 Å². The summed E-state index contributed by atoms with van der Waals surface area (Å²) in [5.41, 5.74) is 0. The Morgan fingerprint density at radius 1 is 0.517 bits per heavy atom. The molecule has 0 aromatic heterocycles. The highest BCUT2D eigenvalue weighted by Crippen LogP contribution is 2.14. The van der Waals surface area contributed by atoms with Crippen LogP contribution in [0.25, 0.3) is 0 Å². The fourth-order valence-corrected chi connectivity index (χ4v) is 7.00. The van der Waals surface area contributed by atoms with Crippen LogP contribution in [0.3, 0.4) is 0 Å². The second kappa shape index (κ2) is 41.3. The van der Waals surface area contributed by atoms with Crippen LogP contribution in [-0.4, -0.2) is 80.6 Å². The Morgan fingerprint density at radius 3 is 1.36 bits per heavy atom. The molecule has 2 atom stereocenters. The lowest BCUT2D eigenvalue weighted by Gasteiger charge is -2.31. The van der Waals surface area contributed by atoms with Crippen LogP contribution in [0.15, 0.2) is 36.5 Å². The van der Waals surface area contributed by atoms with Gasteiger partial charge in [0, 0.05) is 19.3 Å². The van der Waals surface area contributed by atoms with Crippen LogP contribution in [-0.2, 0) is 28.6 Å². The van der Waals surface area contributed by atoms with Gasteiger partial charge >= 0.3 is 17.9 Å². The summed E-state index contributed by atoms with van der Waals surface area (Å²) in [6.07, 6.45) is 47.5. The maximum Gasteiger partial charge on any atom is 0.362 e. The number of rotatable bonds is 43. The number of allylic oxidation sites excluding steroid dienone is 6. The molecule has 0 aromatic rings. The molecule has 338 valence electrons. The summed E-state index contributed by atoms with van der Waals surface area (Å²) in [5.74, 6) is -1.48. The zero-order valence-corrected chi connectivity index (χ0v) is 38.5. The van der Waals surface area contributed by atoms with Gasteiger partial charge in [-0.3, -0.25) is 9.59 Å². The summed E-state index contributed by atoms with van der Waals surface area (Å²) >= 11 is 0. The number of hydrogen-bond acceptors (Lipinski definition) is 6. The number of carbonyl (C=O) groups is 3. The van der Waals surface area contributed by atoms with Crippen molar-refractivity contribution in [2.24, 2.45) is 0 Å². The molecule has 0 aliphatic rings. The predicted molar refractivity (Wildman–Crippen MR) is 243 cm³/mol. The maximum atomic E-state index is 12.8. The van der Waals surface area contributed by atoms with Crippen molar-refractivity contribution in [3.8, 4) is 0 Å². The summed E-state index contributed by atoms with van der Waals surface area (Å²) in [6.45, 7) is 4.72. The largest absolute Gasteiger partial charge is 0.477 e. The van der Waals surface area contributed by atoms with Crippen molar-refractivity contribution in [3.05, 3.63) is 36.5 Å². The summed E-state index contributed by atoms with van der Waals surface area (Å²) in [5, 5.41) is 9.63. The molecule has 0 spiro atoms. The first-order valence-corrected chi connectivity index (χ1v) is 24.0. The molecule has 0 fully saturated rings. The fourth-order valence-electron chi connectivity index (χ4n) is 7.00. The van der Waals surface area contributed by atoms with Crippen LogP contribution in [0.1, 0.15) is 213 Å². The molecule has 1 N–H and O–H groups in total. The summed E-state index contributed by atoms with van der Waals surface area (Å²) < 4.78 is 17.3.